The van der Waals surface area contributed by atoms with Crippen molar-refractivity contribution in [2.75, 3.05) is 17.3 Å². The Bertz CT molecular complexity index is 730. The average Bonchev–Trinajstić information content (AvgIpc) is 2.74. The molecule has 1 heterocycles. The van der Waals surface area contributed by atoms with Crippen LogP contribution >= 0.6 is 0 Å². The molecule has 0 spiro atoms. The van der Waals surface area contributed by atoms with Gasteiger partial charge in [0.2, 0.25) is 0 Å². The molecule has 0 amide bonds. The predicted octanol–water partition coefficient (Wildman–Crippen LogP) is 1.51. The monoisotopic (exact) mass is 253 g/mol. The maximum atomic E-state index is 6.08. The first-order chi connectivity index (χ1) is 9.16. The molecule has 0 saturated carbocycles. The zero-order valence-corrected chi connectivity index (χ0v) is 10.4. The molecule has 2 aromatic carbocycles. The first-order valence-corrected chi connectivity index (χ1v) is 6.01. The second-order valence-corrected chi connectivity index (χ2v) is 4.50. The van der Waals surface area contributed by atoms with Gasteiger partial charge in [0.1, 0.15) is 16.9 Å². The Kier molecular flexibility index (Phi) is 2.52. The number of fused-ring (bicyclic) bond motifs is 1. The van der Waals surface area contributed by atoms with Crippen LogP contribution in [0.2, 0.25) is 0 Å². The van der Waals surface area contributed by atoms with E-state index in [1.54, 1.807) is 12.1 Å². The molecule has 96 valence electrons. The molecule has 0 fully saturated rings. The van der Waals surface area contributed by atoms with Gasteiger partial charge in [0.15, 0.2) is 0 Å². The van der Waals surface area contributed by atoms with Crippen LogP contribution in [0.25, 0.3) is 11.0 Å². The highest BCUT2D eigenvalue weighted by Crippen LogP contribution is 2.26. The van der Waals surface area contributed by atoms with Crippen molar-refractivity contribution in [2.24, 2.45) is 0 Å². The summed E-state index contributed by atoms with van der Waals surface area (Å²) in [6.07, 6.45) is 0.644. The van der Waals surface area contributed by atoms with Gasteiger partial charge in [0.05, 0.1) is 11.4 Å². The number of nitrogen functional groups attached to an aromatic ring is 3. The van der Waals surface area contributed by atoms with Crippen LogP contribution in [0.1, 0.15) is 11.4 Å². The van der Waals surface area contributed by atoms with Gasteiger partial charge in [-0.2, -0.15) is 0 Å². The molecule has 1 aromatic heterocycles. The Morgan fingerprint density at radius 3 is 2.32 bits per heavy atom. The Morgan fingerprint density at radius 1 is 0.947 bits per heavy atom. The van der Waals surface area contributed by atoms with E-state index in [2.05, 4.69) is 4.98 Å². The van der Waals surface area contributed by atoms with Crippen molar-refractivity contribution in [1.82, 2.24) is 9.66 Å². The van der Waals surface area contributed by atoms with Crippen molar-refractivity contribution < 1.29 is 0 Å². The highest BCUT2D eigenvalue weighted by atomic mass is 15.3. The molecular weight excluding hydrogens is 238 g/mol. The number of nitrogens with two attached hydrogens (primary N) is 3. The molecule has 0 saturated heterocycles. The number of hydrogen-bond acceptors (Lipinski definition) is 4. The Labute approximate surface area is 110 Å². The van der Waals surface area contributed by atoms with Crippen LogP contribution in [0, 0.1) is 0 Å². The maximum absolute atomic E-state index is 6.08. The topological polar surface area (TPSA) is 95.9 Å². The van der Waals surface area contributed by atoms with Crippen molar-refractivity contribution in [1.29, 1.82) is 0 Å². The number of hydrogen-bond donors (Lipinski definition) is 3. The molecule has 3 rings (SSSR count). The molecule has 6 N–H and O–H groups in total. The number of aromatic nitrogens is 2. The molecule has 0 atom stereocenters. The second-order valence-electron chi connectivity index (χ2n) is 4.50. The lowest BCUT2D eigenvalue weighted by atomic mass is 10.1. The number of rotatable bonds is 2. The van der Waals surface area contributed by atoms with Gasteiger partial charge >= 0.3 is 0 Å². The maximum Gasteiger partial charge on any atom is 0.133 e. The number of benzene rings is 2. The first-order valence-electron chi connectivity index (χ1n) is 6.01. The van der Waals surface area contributed by atoms with Crippen molar-refractivity contribution >= 4 is 22.4 Å². The van der Waals surface area contributed by atoms with E-state index in [-0.39, 0.29) is 0 Å². The van der Waals surface area contributed by atoms with Crippen LogP contribution in [0.5, 0.6) is 0 Å². The average molecular weight is 253 g/mol. The Hall–Kier alpha value is -2.69. The largest absolute Gasteiger partial charge is 0.397 e. The fraction of sp³-hybridized carbons (Fsp3) is 0.0714. The predicted molar refractivity (Wildman–Crippen MR) is 78.0 cm³/mol. The smallest absolute Gasteiger partial charge is 0.133 e. The van der Waals surface area contributed by atoms with Crippen LogP contribution in [0.15, 0.2) is 42.5 Å². The Morgan fingerprint density at radius 2 is 1.63 bits per heavy atom. The van der Waals surface area contributed by atoms with Gasteiger partial charge in [-0.3, -0.25) is 0 Å². The van der Waals surface area contributed by atoms with E-state index in [0.29, 0.717) is 28.8 Å². The Balaban J connectivity index is 2.13. The minimum Gasteiger partial charge on any atom is -0.397 e. The molecule has 3 aromatic rings. The fourth-order valence-corrected chi connectivity index (χ4v) is 2.20. The SMILES string of the molecule is Nc1ccc(N)c2c1nc(Cc1ccccc1)n2N. The summed E-state index contributed by atoms with van der Waals surface area (Å²) in [5.74, 6) is 6.82. The van der Waals surface area contributed by atoms with Gasteiger partial charge in [0, 0.05) is 6.42 Å². The quantitative estimate of drug-likeness (QED) is 0.476. The van der Waals surface area contributed by atoms with Gasteiger partial charge < -0.3 is 17.3 Å². The van der Waals surface area contributed by atoms with E-state index in [1.165, 1.54) is 4.68 Å². The van der Waals surface area contributed by atoms with E-state index in [4.69, 9.17) is 17.3 Å². The molecule has 19 heavy (non-hydrogen) atoms. The van der Waals surface area contributed by atoms with Crippen molar-refractivity contribution in [3.63, 3.8) is 0 Å². The number of anilines is 2. The van der Waals surface area contributed by atoms with Crippen LogP contribution in [-0.4, -0.2) is 9.66 Å². The first kappa shape index (κ1) is 11.4. The summed E-state index contributed by atoms with van der Waals surface area (Å²) in [4.78, 5) is 4.50. The van der Waals surface area contributed by atoms with E-state index in [1.807, 2.05) is 30.3 Å². The third-order valence-corrected chi connectivity index (χ3v) is 3.18. The molecule has 0 aliphatic rings. The zero-order chi connectivity index (χ0) is 13.4. The van der Waals surface area contributed by atoms with Gasteiger partial charge in [-0.15, -0.1) is 0 Å². The fourth-order valence-electron chi connectivity index (χ4n) is 2.20. The number of nitrogens with zero attached hydrogens (tertiary/aromatic N) is 2. The summed E-state index contributed by atoms with van der Waals surface area (Å²) in [7, 11) is 0. The van der Waals surface area contributed by atoms with E-state index >= 15 is 0 Å². The molecule has 0 aliphatic heterocycles. The lowest BCUT2D eigenvalue weighted by Crippen LogP contribution is -2.13. The molecule has 5 nitrogen and oxygen atoms in total. The molecule has 0 unspecified atom stereocenters. The third kappa shape index (κ3) is 1.85. The van der Waals surface area contributed by atoms with E-state index < -0.39 is 0 Å². The summed E-state index contributed by atoms with van der Waals surface area (Å²) >= 11 is 0. The highest BCUT2D eigenvalue weighted by Gasteiger charge is 2.13. The van der Waals surface area contributed by atoms with E-state index in [0.717, 1.165) is 11.4 Å². The van der Waals surface area contributed by atoms with Crippen molar-refractivity contribution in [3.8, 4) is 0 Å². The highest BCUT2D eigenvalue weighted by molar-refractivity contribution is 5.96. The van der Waals surface area contributed by atoms with Crippen LogP contribution < -0.4 is 17.3 Å². The molecule has 5 heteroatoms. The summed E-state index contributed by atoms with van der Waals surface area (Å²) in [5, 5.41) is 0. The van der Waals surface area contributed by atoms with Crippen LogP contribution in [0.3, 0.4) is 0 Å². The third-order valence-electron chi connectivity index (χ3n) is 3.18. The van der Waals surface area contributed by atoms with Gasteiger partial charge in [-0.25, -0.2) is 9.66 Å². The number of imidazole rings is 1. The van der Waals surface area contributed by atoms with Gasteiger partial charge in [-0.05, 0) is 17.7 Å². The minimum absolute atomic E-state index is 0.582. The second kappa shape index (κ2) is 4.20. The molecule has 0 radical (unpaired) electrons. The van der Waals surface area contributed by atoms with Gasteiger partial charge in [-0.1, -0.05) is 30.3 Å². The van der Waals surface area contributed by atoms with Crippen LogP contribution in [-0.2, 0) is 6.42 Å². The lowest BCUT2D eigenvalue weighted by Gasteiger charge is -2.04. The standard InChI is InChI=1S/C14H15N5/c15-10-6-7-11(16)14-13(10)18-12(19(14)17)8-9-4-2-1-3-5-9/h1-7H,8,15-17H2. The summed E-state index contributed by atoms with van der Waals surface area (Å²) in [6.45, 7) is 0. The molecule has 0 bridgehead atoms. The summed E-state index contributed by atoms with van der Waals surface area (Å²) in [6, 6.07) is 13.5. The van der Waals surface area contributed by atoms with Gasteiger partial charge in [0.25, 0.3) is 0 Å². The van der Waals surface area contributed by atoms with E-state index in [9.17, 15) is 0 Å². The summed E-state index contributed by atoms with van der Waals surface area (Å²) < 4.78 is 1.52. The zero-order valence-electron chi connectivity index (χ0n) is 10.4. The normalized spacial score (nSPS) is 10.9. The molecule has 0 aliphatic carbocycles. The molecular formula is C14H15N5. The minimum atomic E-state index is 0.582. The van der Waals surface area contributed by atoms with Crippen LogP contribution in [0.4, 0.5) is 11.4 Å². The van der Waals surface area contributed by atoms with Crippen molar-refractivity contribution in [2.45, 2.75) is 6.42 Å². The van der Waals surface area contributed by atoms with Crippen molar-refractivity contribution in [3.05, 3.63) is 53.9 Å². The lowest BCUT2D eigenvalue weighted by molar-refractivity contribution is 0.899. The summed E-state index contributed by atoms with van der Waals surface area (Å²) in [5.41, 5.74) is 15.5.